The molecule has 0 bridgehead atoms. The Balaban J connectivity index is 1.36. The third-order valence-electron chi connectivity index (χ3n) is 8.44. The number of rotatable bonds is 9. The van der Waals surface area contributed by atoms with Crippen LogP contribution in [0.4, 0.5) is 0 Å². The van der Waals surface area contributed by atoms with Crippen molar-refractivity contribution in [2.24, 2.45) is 5.73 Å². The Kier molecular flexibility index (Phi) is 9.58. The van der Waals surface area contributed by atoms with Crippen LogP contribution in [-0.2, 0) is 17.8 Å². The molecule has 2 aliphatic rings. The van der Waals surface area contributed by atoms with E-state index in [1.54, 1.807) is 29.4 Å². The van der Waals surface area contributed by atoms with Gasteiger partial charge in [0.15, 0.2) is 0 Å². The molecule has 0 radical (unpaired) electrons. The first-order chi connectivity index (χ1) is 19.6. The van der Waals surface area contributed by atoms with E-state index in [9.17, 15) is 9.59 Å². The van der Waals surface area contributed by atoms with Crippen molar-refractivity contribution in [3.05, 3.63) is 102 Å². The molecular formula is C33H41N5O2. The second-order valence-electron chi connectivity index (χ2n) is 11.2. The van der Waals surface area contributed by atoms with Crippen LogP contribution in [0, 0.1) is 0 Å². The lowest BCUT2D eigenvalue weighted by atomic mass is 9.90. The van der Waals surface area contributed by atoms with Gasteiger partial charge in [0, 0.05) is 50.2 Å². The van der Waals surface area contributed by atoms with Crippen molar-refractivity contribution >= 4 is 11.8 Å². The first kappa shape index (κ1) is 28.0. The molecule has 1 aliphatic heterocycles. The van der Waals surface area contributed by atoms with E-state index in [2.05, 4.69) is 63.7 Å². The maximum absolute atomic E-state index is 13.8. The van der Waals surface area contributed by atoms with E-state index < -0.39 is 6.04 Å². The normalized spacial score (nSPS) is 23.1. The number of piperidine rings is 1. The predicted octanol–water partition coefficient (Wildman–Crippen LogP) is 4.19. The van der Waals surface area contributed by atoms with Gasteiger partial charge in [0.1, 0.15) is 6.04 Å². The Labute approximate surface area is 237 Å². The summed E-state index contributed by atoms with van der Waals surface area (Å²) >= 11 is 0. The Morgan fingerprint density at radius 2 is 1.60 bits per heavy atom. The fraction of sp³-hybridized carbons (Fsp3) is 0.424. The van der Waals surface area contributed by atoms with Gasteiger partial charge in [0.05, 0.1) is 5.56 Å². The van der Waals surface area contributed by atoms with Crippen LogP contribution in [0.5, 0.6) is 0 Å². The van der Waals surface area contributed by atoms with Crippen molar-refractivity contribution in [2.75, 3.05) is 13.1 Å². The van der Waals surface area contributed by atoms with E-state index in [-0.39, 0.29) is 29.9 Å². The van der Waals surface area contributed by atoms with Gasteiger partial charge in [0.25, 0.3) is 5.91 Å². The third-order valence-corrected chi connectivity index (χ3v) is 8.44. The van der Waals surface area contributed by atoms with Gasteiger partial charge in [-0.15, -0.1) is 0 Å². The van der Waals surface area contributed by atoms with Gasteiger partial charge in [0.2, 0.25) is 5.91 Å². The molecule has 7 nitrogen and oxygen atoms in total. The van der Waals surface area contributed by atoms with Gasteiger partial charge in [-0.1, -0.05) is 60.7 Å². The predicted molar refractivity (Wildman–Crippen MR) is 157 cm³/mol. The summed E-state index contributed by atoms with van der Waals surface area (Å²) in [7, 11) is 0. The molecule has 0 spiro atoms. The number of nitrogens with zero attached hydrogens (tertiary/aromatic N) is 3. The topological polar surface area (TPSA) is 91.6 Å². The fourth-order valence-corrected chi connectivity index (χ4v) is 6.11. The Hall–Kier alpha value is -3.55. The molecular weight excluding hydrogens is 498 g/mol. The Bertz CT molecular complexity index is 1220. The number of likely N-dealkylation sites (tertiary alicyclic amines) is 1. The zero-order valence-corrected chi connectivity index (χ0v) is 23.2. The molecule has 3 N–H and O–H groups in total. The Morgan fingerprint density at radius 1 is 0.900 bits per heavy atom. The minimum atomic E-state index is -0.531. The molecule has 7 heteroatoms. The van der Waals surface area contributed by atoms with E-state index >= 15 is 0 Å². The lowest BCUT2D eigenvalue weighted by Crippen LogP contribution is -2.58. The molecule has 2 heterocycles. The van der Waals surface area contributed by atoms with Crippen molar-refractivity contribution < 1.29 is 9.59 Å². The van der Waals surface area contributed by atoms with Gasteiger partial charge in [-0.3, -0.25) is 19.5 Å². The van der Waals surface area contributed by atoms with Gasteiger partial charge in [-0.05, 0) is 68.2 Å². The van der Waals surface area contributed by atoms with Crippen molar-refractivity contribution in [3.63, 3.8) is 0 Å². The van der Waals surface area contributed by atoms with Crippen molar-refractivity contribution in [2.45, 2.75) is 75.7 Å². The third kappa shape index (κ3) is 7.34. The average Bonchev–Trinajstić information content (AvgIpc) is 3.01. The van der Waals surface area contributed by atoms with Crippen molar-refractivity contribution in [1.82, 2.24) is 20.1 Å². The Morgan fingerprint density at radius 3 is 2.27 bits per heavy atom. The molecule has 40 heavy (non-hydrogen) atoms. The van der Waals surface area contributed by atoms with Crippen LogP contribution >= 0.6 is 0 Å². The van der Waals surface area contributed by atoms with Crippen LogP contribution in [0.1, 0.15) is 60.0 Å². The monoisotopic (exact) mass is 539 g/mol. The molecule has 2 atom stereocenters. The number of carbonyl (C=O) groups is 2. The highest BCUT2D eigenvalue weighted by atomic mass is 16.2. The highest BCUT2D eigenvalue weighted by Gasteiger charge is 2.39. The number of aromatic nitrogens is 1. The van der Waals surface area contributed by atoms with E-state index in [1.165, 1.54) is 11.1 Å². The average molecular weight is 540 g/mol. The molecule has 210 valence electrons. The van der Waals surface area contributed by atoms with Crippen LogP contribution < -0.4 is 11.1 Å². The summed E-state index contributed by atoms with van der Waals surface area (Å²) in [6.45, 7) is 2.22. The van der Waals surface area contributed by atoms with Gasteiger partial charge >= 0.3 is 0 Å². The number of nitrogens with two attached hydrogens (primary N) is 1. The number of benzene rings is 2. The molecule has 1 unspecified atom stereocenters. The SMILES string of the molecule is NC1CCC(NC(=O)[C@H]2CC(N(CCc3ccccc3)Cc3ccccc3)CCN2C(=O)c2cccnc2)CC1. The van der Waals surface area contributed by atoms with Crippen LogP contribution in [0.3, 0.4) is 0 Å². The number of nitrogens with one attached hydrogen (secondary N) is 1. The molecule has 2 amide bonds. The molecule has 5 rings (SSSR count). The largest absolute Gasteiger partial charge is 0.352 e. The second kappa shape index (κ2) is 13.7. The minimum Gasteiger partial charge on any atom is -0.352 e. The van der Waals surface area contributed by atoms with E-state index in [1.807, 2.05) is 12.1 Å². The number of carbonyl (C=O) groups excluding carboxylic acids is 2. The number of hydrogen-bond acceptors (Lipinski definition) is 5. The smallest absolute Gasteiger partial charge is 0.256 e. The summed E-state index contributed by atoms with van der Waals surface area (Å²) < 4.78 is 0. The molecule has 1 aliphatic carbocycles. The molecule has 1 saturated carbocycles. The van der Waals surface area contributed by atoms with E-state index in [4.69, 9.17) is 5.73 Å². The molecule has 2 fully saturated rings. The lowest BCUT2D eigenvalue weighted by molar-refractivity contribution is -0.128. The van der Waals surface area contributed by atoms with Crippen molar-refractivity contribution in [3.8, 4) is 0 Å². The fourth-order valence-electron chi connectivity index (χ4n) is 6.11. The zero-order valence-electron chi connectivity index (χ0n) is 23.2. The quantitative estimate of drug-likeness (QED) is 0.426. The first-order valence-corrected chi connectivity index (χ1v) is 14.7. The summed E-state index contributed by atoms with van der Waals surface area (Å²) in [5.74, 6) is -0.179. The number of hydrogen-bond donors (Lipinski definition) is 2. The molecule has 1 aromatic heterocycles. The summed E-state index contributed by atoms with van der Waals surface area (Å²) in [4.78, 5) is 35.9. The minimum absolute atomic E-state index is 0.0508. The van der Waals surface area contributed by atoms with Crippen molar-refractivity contribution in [1.29, 1.82) is 0 Å². The summed E-state index contributed by atoms with van der Waals surface area (Å²) in [5.41, 5.74) is 9.18. The van der Waals surface area contributed by atoms with Crippen LogP contribution in [0.2, 0.25) is 0 Å². The maximum atomic E-state index is 13.8. The molecule has 2 aromatic carbocycles. The highest BCUT2D eigenvalue weighted by molar-refractivity contribution is 5.97. The maximum Gasteiger partial charge on any atom is 0.256 e. The van der Waals surface area contributed by atoms with E-state index in [0.717, 1.165) is 51.6 Å². The molecule has 1 saturated heterocycles. The lowest BCUT2D eigenvalue weighted by Gasteiger charge is -2.43. The van der Waals surface area contributed by atoms with Crippen LogP contribution in [0.25, 0.3) is 0 Å². The second-order valence-corrected chi connectivity index (χ2v) is 11.2. The summed E-state index contributed by atoms with van der Waals surface area (Å²) in [6, 6.07) is 24.6. The number of pyridine rings is 1. The van der Waals surface area contributed by atoms with Gasteiger partial charge < -0.3 is 16.0 Å². The standard InChI is InChI=1S/C33H41N5O2/c34-28-13-15-29(16-14-28)36-32(39)31-22-30(18-21-38(31)33(40)27-12-7-19-35-23-27)37(24-26-10-5-2-6-11-26)20-17-25-8-3-1-4-9-25/h1-12,19,23,28-31H,13-18,20-22,24,34H2,(H,36,39)/t28?,29?,30?,31-/m1/s1. The highest BCUT2D eigenvalue weighted by Crippen LogP contribution is 2.27. The van der Waals surface area contributed by atoms with Crippen LogP contribution in [0.15, 0.2) is 85.2 Å². The first-order valence-electron chi connectivity index (χ1n) is 14.7. The van der Waals surface area contributed by atoms with E-state index in [0.29, 0.717) is 18.5 Å². The molecule has 3 aromatic rings. The van der Waals surface area contributed by atoms with Gasteiger partial charge in [-0.2, -0.15) is 0 Å². The zero-order chi connectivity index (χ0) is 27.7. The van der Waals surface area contributed by atoms with Gasteiger partial charge in [-0.25, -0.2) is 0 Å². The summed E-state index contributed by atoms with van der Waals surface area (Å²) in [5, 5.41) is 3.29. The number of amides is 2. The summed E-state index contributed by atoms with van der Waals surface area (Å²) in [6.07, 6.45) is 9.21. The van der Waals surface area contributed by atoms with Crippen LogP contribution in [-0.4, -0.2) is 63.9 Å².